The Balaban J connectivity index is 0.00000544. The summed E-state index contributed by atoms with van der Waals surface area (Å²) in [4.78, 5) is 21.2. The van der Waals surface area contributed by atoms with E-state index in [0.717, 1.165) is 51.6 Å². The summed E-state index contributed by atoms with van der Waals surface area (Å²) >= 11 is 0. The van der Waals surface area contributed by atoms with Crippen LogP contribution in [-0.4, -0.2) is 74.0 Å². The van der Waals surface area contributed by atoms with Gasteiger partial charge in [0.05, 0.1) is 0 Å². The number of carbonyl (C=O) groups is 1. The Bertz CT molecular complexity index is 742. The van der Waals surface area contributed by atoms with Crippen molar-refractivity contribution in [3.63, 3.8) is 0 Å². The van der Waals surface area contributed by atoms with Crippen molar-refractivity contribution in [2.45, 2.75) is 32.7 Å². The molecule has 33 heavy (non-hydrogen) atoms. The molecule has 1 fully saturated rings. The number of guanidine groups is 1. The molecule has 0 spiro atoms. The van der Waals surface area contributed by atoms with Crippen LogP contribution in [0.5, 0.6) is 0 Å². The number of hydrogen-bond acceptors (Lipinski definition) is 3. The van der Waals surface area contributed by atoms with E-state index in [1.807, 2.05) is 35.3 Å². The maximum atomic E-state index is 12.4. The number of nitrogens with zero attached hydrogens (tertiary/aromatic N) is 3. The second kappa shape index (κ2) is 15.9. The van der Waals surface area contributed by atoms with Gasteiger partial charge in [-0.05, 0) is 17.9 Å². The summed E-state index contributed by atoms with van der Waals surface area (Å²) in [6.45, 7) is 17.0. The molecule has 1 aromatic rings. The summed E-state index contributed by atoms with van der Waals surface area (Å²) < 4.78 is 0. The number of halogens is 1. The van der Waals surface area contributed by atoms with Gasteiger partial charge in [-0.2, -0.15) is 0 Å². The summed E-state index contributed by atoms with van der Waals surface area (Å²) in [6, 6.07) is 10.7. The minimum atomic E-state index is 0. The lowest BCUT2D eigenvalue weighted by Gasteiger charge is -2.33. The SMILES string of the molecule is C=CCN(CC=C)C(CNC(=NC)NCC1CC(=O)N(CCc2ccccc2)C1)C(C)C.I. The number of hydrogen-bond donors (Lipinski definition) is 2. The van der Waals surface area contributed by atoms with Gasteiger partial charge in [0, 0.05) is 64.7 Å². The third kappa shape index (κ3) is 9.88. The average molecular weight is 568 g/mol. The fourth-order valence-corrected chi connectivity index (χ4v) is 4.24. The van der Waals surface area contributed by atoms with Crippen molar-refractivity contribution >= 4 is 35.8 Å². The Hall–Kier alpha value is -1.87. The monoisotopic (exact) mass is 567 g/mol. The highest BCUT2D eigenvalue weighted by Gasteiger charge is 2.29. The van der Waals surface area contributed by atoms with Gasteiger partial charge in [0.1, 0.15) is 0 Å². The number of likely N-dealkylation sites (tertiary alicyclic amines) is 1. The zero-order valence-electron chi connectivity index (χ0n) is 20.5. The van der Waals surface area contributed by atoms with E-state index < -0.39 is 0 Å². The molecule has 1 aromatic carbocycles. The minimum Gasteiger partial charge on any atom is -0.356 e. The molecule has 0 saturated carbocycles. The zero-order chi connectivity index (χ0) is 23.3. The molecule has 2 atom stereocenters. The molecule has 1 aliphatic rings. The molecule has 184 valence electrons. The van der Waals surface area contributed by atoms with Gasteiger partial charge in [-0.25, -0.2) is 0 Å². The minimum absolute atomic E-state index is 0. The van der Waals surface area contributed by atoms with Gasteiger partial charge in [0.15, 0.2) is 5.96 Å². The summed E-state index contributed by atoms with van der Waals surface area (Å²) in [5.74, 6) is 1.81. The fraction of sp³-hybridized carbons (Fsp3) is 0.538. The Morgan fingerprint density at radius 2 is 1.88 bits per heavy atom. The van der Waals surface area contributed by atoms with Gasteiger partial charge < -0.3 is 15.5 Å². The van der Waals surface area contributed by atoms with E-state index in [9.17, 15) is 4.79 Å². The number of rotatable bonds is 13. The molecule has 2 N–H and O–H groups in total. The van der Waals surface area contributed by atoms with Crippen LogP contribution in [0.2, 0.25) is 0 Å². The van der Waals surface area contributed by atoms with Crippen LogP contribution in [0.3, 0.4) is 0 Å². The highest BCUT2D eigenvalue weighted by Crippen LogP contribution is 2.17. The van der Waals surface area contributed by atoms with Crippen LogP contribution in [0, 0.1) is 11.8 Å². The second-order valence-corrected chi connectivity index (χ2v) is 8.82. The van der Waals surface area contributed by atoms with Crippen molar-refractivity contribution in [1.82, 2.24) is 20.4 Å². The first-order valence-corrected chi connectivity index (χ1v) is 11.7. The molecule has 7 heteroatoms. The van der Waals surface area contributed by atoms with Gasteiger partial charge in [0.25, 0.3) is 0 Å². The number of aliphatic imine (C=N–C) groups is 1. The molecule has 1 aliphatic heterocycles. The molecule has 1 amide bonds. The van der Waals surface area contributed by atoms with E-state index >= 15 is 0 Å². The molecule has 1 saturated heterocycles. The van der Waals surface area contributed by atoms with Crippen molar-refractivity contribution in [2.75, 3.05) is 46.3 Å². The maximum absolute atomic E-state index is 12.4. The largest absolute Gasteiger partial charge is 0.356 e. The first-order chi connectivity index (χ1) is 15.5. The first-order valence-electron chi connectivity index (χ1n) is 11.7. The van der Waals surface area contributed by atoms with Crippen LogP contribution in [0.25, 0.3) is 0 Å². The van der Waals surface area contributed by atoms with Crippen LogP contribution < -0.4 is 10.6 Å². The van der Waals surface area contributed by atoms with E-state index in [0.29, 0.717) is 24.3 Å². The van der Waals surface area contributed by atoms with E-state index in [4.69, 9.17) is 0 Å². The van der Waals surface area contributed by atoms with Gasteiger partial charge in [0.2, 0.25) is 5.91 Å². The number of amides is 1. The Kier molecular flexibility index (Phi) is 14.0. The number of benzene rings is 1. The van der Waals surface area contributed by atoms with E-state index in [2.05, 4.69) is 59.7 Å². The third-order valence-corrected chi connectivity index (χ3v) is 6.03. The first kappa shape index (κ1) is 29.2. The normalized spacial score (nSPS) is 17.1. The molecule has 1 heterocycles. The molecule has 2 rings (SSSR count). The van der Waals surface area contributed by atoms with Gasteiger partial charge >= 0.3 is 0 Å². The van der Waals surface area contributed by atoms with E-state index in [1.165, 1.54) is 5.56 Å². The van der Waals surface area contributed by atoms with E-state index in [-0.39, 0.29) is 29.9 Å². The van der Waals surface area contributed by atoms with Crippen molar-refractivity contribution in [3.8, 4) is 0 Å². The molecule has 0 bridgehead atoms. The predicted octanol–water partition coefficient (Wildman–Crippen LogP) is 3.56. The van der Waals surface area contributed by atoms with Gasteiger partial charge in [-0.1, -0.05) is 56.3 Å². The smallest absolute Gasteiger partial charge is 0.223 e. The van der Waals surface area contributed by atoms with E-state index in [1.54, 1.807) is 7.05 Å². The quantitative estimate of drug-likeness (QED) is 0.166. The van der Waals surface area contributed by atoms with Gasteiger partial charge in [-0.15, -0.1) is 37.1 Å². The molecular formula is C26H42IN5O. The summed E-state index contributed by atoms with van der Waals surface area (Å²) in [5, 5.41) is 6.90. The Morgan fingerprint density at radius 3 is 2.45 bits per heavy atom. The average Bonchev–Trinajstić information content (AvgIpc) is 3.14. The van der Waals surface area contributed by atoms with Crippen molar-refractivity contribution in [1.29, 1.82) is 0 Å². The molecule has 2 unspecified atom stereocenters. The lowest BCUT2D eigenvalue weighted by Crippen LogP contribution is -2.50. The van der Waals surface area contributed by atoms with Crippen molar-refractivity contribution in [3.05, 3.63) is 61.2 Å². The number of nitrogens with one attached hydrogen (secondary N) is 2. The highest BCUT2D eigenvalue weighted by atomic mass is 127. The Morgan fingerprint density at radius 1 is 1.21 bits per heavy atom. The topological polar surface area (TPSA) is 60.0 Å². The maximum Gasteiger partial charge on any atom is 0.223 e. The third-order valence-electron chi connectivity index (χ3n) is 6.03. The zero-order valence-corrected chi connectivity index (χ0v) is 22.8. The standard InChI is InChI=1S/C26H41N5O.HI/c1-6-14-30(15-7-2)24(21(3)4)19-29-26(27-5)28-18-23-17-25(32)31(20-23)16-13-22-11-9-8-10-12-22;/h6-12,21,23-24H,1-2,13-20H2,3-5H3,(H2,27,28,29);1H. The van der Waals surface area contributed by atoms with Crippen molar-refractivity contribution < 1.29 is 4.79 Å². The lowest BCUT2D eigenvalue weighted by molar-refractivity contribution is -0.127. The molecule has 0 aromatic heterocycles. The molecular weight excluding hydrogens is 525 g/mol. The fourth-order valence-electron chi connectivity index (χ4n) is 4.24. The number of carbonyl (C=O) groups excluding carboxylic acids is 1. The predicted molar refractivity (Wildman–Crippen MR) is 150 cm³/mol. The van der Waals surface area contributed by atoms with Crippen molar-refractivity contribution in [2.24, 2.45) is 16.8 Å². The second-order valence-electron chi connectivity index (χ2n) is 8.82. The highest BCUT2D eigenvalue weighted by molar-refractivity contribution is 14.0. The van der Waals surface area contributed by atoms with Crippen LogP contribution >= 0.6 is 24.0 Å². The summed E-state index contributed by atoms with van der Waals surface area (Å²) in [7, 11) is 1.79. The lowest BCUT2D eigenvalue weighted by atomic mass is 10.0. The van der Waals surface area contributed by atoms with Crippen LogP contribution in [0.1, 0.15) is 25.8 Å². The Labute approximate surface area is 217 Å². The van der Waals surface area contributed by atoms with Crippen LogP contribution in [0.15, 0.2) is 60.6 Å². The summed E-state index contributed by atoms with van der Waals surface area (Å²) in [5.41, 5.74) is 1.27. The van der Waals surface area contributed by atoms with Crippen LogP contribution in [0.4, 0.5) is 0 Å². The molecule has 0 aliphatic carbocycles. The summed E-state index contributed by atoms with van der Waals surface area (Å²) in [6.07, 6.45) is 5.37. The molecule has 0 radical (unpaired) electrons. The molecule has 6 nitrogen and oxygen atoms in total. The van der Waals surface area contributed by atoms with Gasteiger partial charge in [-0.3, -0.25) is 14.7 Å². The van der Waals surface area contributed by atoms with Crippen LogP contribution in [-0.2, 0) is 11.2 Å².